The van der Waals surface area contributed by atoms with Gasteiger partial charge in [0, 0.05) is 20.1 Å². The fourth-order valence-corrected chi connectivity index (χ4v) is 5.28. The number of hydrogen-bond acceptors (Lipinski definition) is 2. The number of rotatable bonds is 3. The number of aryl methyl sites for hydroxylation is 1. The second kappa shape index (κ2) is 7.25. The molecular formula is C24H29N3O. The van der Waals surface area contributed by atoms with Crippen molar-refractivity contribution >= 4 is 5.96 Å². The van der Waals surface area contributed by atoms with Crippen molar-refractivity contribution < 1.29 is 4.74 Å². The van der Waals surface area contributed by atoms with Crippen LogP contribution in [0.5, 0.6) is 0 Å². The van der Waals surface area contributed by atoms with Gasteiger partial charge in [0.1, 0.15) is 6.10 Å². The standard InChI is InChI=1S/C24H29N3O/c1-16-7-3-5-9-18(16)22-15-27(11-12-28-22)24(25-2)26-14-21-20-13-17-8-4-6-10-19(17)23(20)21/h3-10,20-23H,11-15H2,1-2H3,(H,25,26). The molecule has 1 heterocycles. The number of fused-ring (bicyclic) bond motifs is 3. The van der Waals surface area contributed by atoms with Gasteiger partial charge in [0.05, 0.1) is 13.2 Å². The van der Waals surface area contributed by atoms with Crippen molar-refractivity contribution in [1.82, 2.24) is 10.2 Å². The lowest BCUT2D eigenvalue weighted by molar-refractivity contribution is -0.00832. The third-order valence-electron chi connectivity index (χ3n) is 6.81. The largest absolute Gasteiger partial charge is 0.370 e. The van der Waals surface area contributed by atoms with E-state index in [1.165, 1.54) is 17.5 Å². The van der Waals surface area contributed by atoms with Crippen molar-refractivity contribution in [3.8, 4) is 0 Å². The number of morpholine rings is 1. The zero-order valence-corrected chi connectivity index (χ0v) is 16.8. The predicted molar refractivity (Wildman–Crippen MR) is 113 cm³/mol. The Kier molecular flexibility index (Phi) is 4.59. The van der Waals surface area contributed by atoms with E-state index in [4.69, 9.17) is 4.74 Å². The molecule has 0 radical (unpaired) electrons. The smallest absolute Gasteiger partial charge is 0.193 e. The van der Waals surface area contributed by atoms with Gasteiger partial charge in [-0.05, 0) is 53.4 Å². The van der Waals surface area contributed by atoms with E-state index in [2.05, 4.69) is 70.7 Å². The molecule has 4 atom stereocenters. The summed E-state index contributed by atoms with van der Waals surface area (Å²) in [7, 11) is 1.89. The van der Waals surface area contributed by atoms with Gasteiger partial charge in [-0.25, -0.2) is 0 Å². The van der Waals surface area contributed by atoms with E-state index >= 15 is 0 Å². The summed E-state index contributed by atoms with van der Waals surface area (Å²) in [5.74, 6) is 3.35. The number of ether oxygens (including phenoxy) is 1. The molecule has 0 amide bonds. The van der Waals surface area contributed by atoms with Crippen LogP contribution in [0.2, 0.25) is 0 Å². The van der Waals surface area contributed by atoms with Gasteiger partial charge in [-0.2, -0.15) is 0 Å². The highest BCUT2D eigenvalue weighted by Crippen LogP contribution is 2.60. The molecule has 3 aliphatic rings. The molecule has 4 heteroatoms. The Morgan fingerprint density at radius 1 is 1.14 bits per heavy atom. The second-order valence-electron chi connectivity index (χ2n) is 8.35. The number of hydrogen-bond donors (Lipinski definition) is 1. The molecule has 0 bridgehead atoms. The summed E-state index contributed by atoms with van der Waals surface area (Å²) in [5, 5.41) is 3.67. The van der Waals surface area contributed by atoms with Gasteiger partial charge in [0.2, 0.25) is 0 Å². The lowest BCUT2D eigenvalue weighted by atomic mass is 10.0. The van der Waals surface area contributed by atoms with Gasteiger partial charge in [0.15, 0.2) is 5.96 Å². The van der Waals surface area contributed by atoms with Crippen molar-refractivity contribution in [2.24, 2.45) is 16.8 Å². The van der Waals surface area contributed by atoms with Crippen LogP contribution in [0, 0.1) is 18.8 Å². The SMILES string of the molecule is CN=C(NCC1C2Cc3ccccc3C12)N1CCOC(c2ccccc2C)C1. The molecule has 2 aromatic carbocycles. The molecule has 5 rings (SSSR count). The van der Waals surface area contributed by atoms with E-state index in [9.17, 15) is 0 Å². The topological polar surface area (TPSA) is 36.9 Å². The molecule has 4 unspecified atom stereocenters. The number of nitrogens with one attached hydrogen (secondary N) is 1. The quantitative estimate of drug-likeness (QED) is 0.659. The molecule has 1 N–H and O–H groups in total. The van der Waals surface area contributed by atoms with Crippen molar-refractivity contribution in [3.05, 3.63) is 70.8 Å². The van der Waals surface area contributed by atoms with Gasteiger partial charge in [0.25, 0.3) is 0 Å². The molecule has 1 saturated carbocycles. The fourth-order valence-electron chi connectivity index (χ4n) is 5.28. The summed E-state index contributed by atoms with van der Waals surface area (Å²) in [6.45, 7) is 5.66. The fraction of sp³-hybridized carbons (Fsp3) is 0.458. The van der Waals surface area contributed by atoms with E-state index < -0.39 is 0 Å². The first-order valence-corrected chi connectivity index (χ1v) is 10.5. The summed E-state index contributed by atoms with van der Waals surface area (Å²) in [6.07, 6.45) is 1.36. The van der Waals surface area contributed by atoms with Gasteiger partial charge >= 0.3 is 0 Å². The molecule has 146 valence electrons. The highest BCUT2D eigenvalue weighted by molar-refractivity contribution is 5.80. The predicted octanol–water partition coefficient (Wildman–Crippen LogP) is 3.53. The Bertz CT molecular complexity index is 893. The van der Waals surface area contributed by atoms with Crippen molar-refractivity contribution in [2.45, 2.75) is 25.4 Å². The average molecular weight is 376 g/mol. The van der Waals surface area contributed by atoms with Crippen LogP contribution >= 0.6 is 0 Å². The maximum Gasteiger partial charge on any atom is 0.193 e. The molecule has 0 spiro atoms. The summed E-state index contributed by atoms with van der Waals surface area (Å²) in [6, 6.07) is 17.5. The van der Waals surface area contributed by atoms with Crippen LogP contribution in [0.15, 0.2) is 53.5 Å². The Labute approximate surface area is 167 Å². The summed E-state index contributed by atoms with van der Waals surface area (Å²) in [4.78, 5) is 6.93. The maximum atomic E-state index is 6.08. The molecule has 4 nitrogen and oxygen atoms in total. The minimum absolute atomic E-state index is 0.112. The molecule has 1 aliphatic heterocycles. The Balaban J connectivity index is 1.21. The van der Waals surface area contributed by atoms with Gasteiger partial charge in [-0.3, -0.25) is 4.99 Å². The molecule has 1 saturated heterocycles. The van der Waals surface area contributed by atoms with Gasteiger partial charge < -0.3 is 15.0 Å². The number of guanidine groups is 1. The molecule has 28 heavy (non-hydrogen) atoms. The zero-order chi connectivity index (χ0) is 19.1. The van der Waals surface area contributed by atoms with Gasteiger partial charge in [-0.1, -0.05) is 48.5 Å². The van der Waals surface area contributed by atoms with Crippen LogP contribution in [0.3, 0.4) is 0 Å². The van der Waals surface area contributed by atoms with Crippen LogP contribution < -0.4 is 5.32 Å². The van der Waals surface area contributed by atoms with E-state index in [0.29, 0.717) is 0 Å². The van der Waals surface area contributed by atoms with E-state index in [-0.39, 0.29) is 6.10 Å². The molecule has 2 aromatic rings. The van der Waals surface area contributed by atoms with Crippen LogP contribution in [0.25, 0.3) is 0 Å². The third kappa shape index (κ3) is 3.10. The lowest BCUT2D eigenvalue weighted by Gasteiger charge is -2.36. The molecular weight excluding hydrogens is 346 g/mol. The molecule has 2 fully saturated rings. The third-order valence-corrected chi connectivity index (χ3v) is 6.81. The van der Waals surface area contributed by atoms with Crippen molar-refractivity contribution in [3.63, 3.8) is 0 Å². The van der Waals surface area contributed by atoms with E-state index in [1.54, 1.807) is 11.1 Å². The Morgan fingerprint density at radius 2 is 1.93 bits per heavy atom. The van der Waals surface area contributed by atoms with Crippen LogP contribution in [-0.4, -0.2) is 44.1 Å². The van der Waals surface area contributed by atoms with Crippen LogP contribution in [-0.2, 0) is 11.2 Å². The van der Waals surface area contributed by atoms with Crippen molar-refractivity contribution in [1.29, 1.82) is 0 Å². The number of aliphatic imine (C=N–C) groups is 1. The summed E-state index contributed by atoms with van der Waals surface area (Å²) in [5.41, 5.74) is 5.73. The Hall–Kier alpha value is -2.33. The average Bonchev–Trinajstić information content (AvgIpc) is 3.26. The molecule has 2 aliphatic carbocycles. The lowest BCUT2D eigenvalue weighted by Crippen LogP contribution is -2.48. The van der Waals surface area contributed by atoms with Crippen LogP contribution in [0.1, 0.15) is 34.3 Å². The Morgan fingerprint density at radius 3 is 2.75 bits per heavy atom. The highest BCUT2D eigenvalue weighted by Gasteiger charge is 2.55. The van der Waals surface area contributed by atoms with Crippen molar-refractivity contribution in [2.75, 3.05) is 33.3 Å². The molecule has 0 aromatic heterocycles. The minimum atomic E-state index is 0.112. The van der Waals surface area contributed by atoms with Crippen LogP contribution in [0.4, 0.5) is 0 Å². The zero-order valence-electron chi connectivity index (χ0n) is 16.8. The number of benzene rings is 2. The summed E-state index contributed by atoms with van der Waals surface area (Å²) >= 11 is 0. The first-order chi connectivity index (χ1) is 13.8. The van der Waals surface area contributed by atoms with Gasteiger partial charge in [-0.15, -0.1) is 0 Å². The first-order valence-electron chi connectivity index (χ1n) is 10.5. The number of nitrogens with zero attached hydrogens (tertiary/aromatic N) is 2. The first kappa shape index (κ1) is 17.7. The maximum absolute atomic E-state index is 6.08. The monoisotopic (exact) mass is 375 g/mol. The minimum Gasteiger partial charge on any atom is -0.370 e. The second-order valence-corrected chi connectivity index (χ2v) is 8.35. The van der Waals surface area contributed by atoms with E-state index in [0.717, 1.165) is 50.0 Å². The highest BCUT2D eigenvalue weighted by atomic mass is 16.5. The van der Waals surface area contributed by atoms with E-state index in [1.807, 2.05) is 7.05 Å². The normalized spacial score (nSPS) is 28.6. The summed E-state index contributed by atoms with van der Waals surface area (Å²) < 4.78 is 6.08.